The van der Waals surface area contributed by atoms with Crippen LogP contribution < -0.4 is 10.9 Å². The Balaban J connectivity index is 2.15. The molecule has 1 fully saturated rings. The Labute approximate surface area is 140 Å². The first-order valence-electron chi connectivity index (χ1n) is 8.18. The van der Waals surface area contributed by atoms with Crippen molar-refractivity contribution in [3.05, 3.63) is 38.3 Å². The van der Waals surface area contributed by atoms with Crippen molar-refractivity contribution in [1.29, 1.82) is 0 Å². The molecule has 8 nitrogen and oxygen atoms in total. The number of H-pyrrole nitrogens is 1. The van der Waals surface area contributed by atoms with Crippen LogP contribution >= 0.6 is 0 Å². The van der Waals surface area contributed by atoms with Gasteiger partial charge in [-0.15, -0.1) is 0 Å². The fourth-order valence-electron chi connectivity index (χ4n) is 3.26. The monoisotopic (exact) mass is 336 g/mol. The van der Waals surface area contributed by atoms with Crippen LogP contribution in [0.15, 0.2) is 17.1 Å². The molecule has 0 radical (unpaired) electrons. The average molecular weight is 336 g/mol. The van der Waals surface area contributed by atoms with Gasteiger partial charge >= 0.3 is 0 Å². The summed E-state index contributed by atoms with van der Waals surface area (Å²) < 4.78 is 0. The molecule has 0 spiro atoms. The first-order chi connectivity index (χ1) is 11.4. The molecule has 132 valence electrons. The van der Waals surface area contributed by atoms with E-state index in [1.165, 1.54) is 12.8 Å². The number of carbonyl (C=O) groups is 1. The fourth-order valence-corrected chi connectivity index (χ4v) is 3.26. The Kier molecular flexibility index (Phi) is 5.71. The molecule has 0 atom stereocenters. The molecule has 0 saturated heterocycles. The third-order valence-electron chi connectivity index (χ3n) is 4.90. The van der Waals surface area contributed by atoms with E-state index in [1.54, 1.807) is 0 Å². The summed E-state index contributed by atoms with van der Waals surface area (Å²) in [5, 5.41) is 13.6. The van der Waals surface area contributed by atoms with Crippen LogP contribution in [0.1, 0.15) is 48.9 Å². The second-order valence-corrected chi connectivity index (χ2v) is 6.57. The van der Waals surface area contributed by atoms with Crippen molar-refractivity contribution in [2.45, 2.75) is 44.1 Å². The van der Waals surface area contributed by atoms with Crippen molar-refractivity contribution in [2.24, 2.45) is 0 Å². The van der Waals surface area contributed by atoms with E-state index in [2.05, 4.69) is 15.2 Å². The van der Waals surface area contributed by atoms with Crippen molar-refractivity contribution in [3.63, 3.8) is 0 Å². The number of nitrogens with zero attached hydrogens (tertiary/aromatic N) is 2. The number of rotatable bonds is 5. The van der Waals surface area contributed by atoms with E-state index in [-0.39, 0.29) is 16.8 Å². The zero-order valence-corrected chi connectivity index (χ0v) is 14.1. The lowest BCUT2D eigenvalue weighted by Crippen LogP contribution is -2.52. The molecule has 1 aliphatic carbocycles. The van der Waals surface area contributed by atoms with Gasteiger partial charge in [0.2, 0.25) is 0 Å². The van der Waals surface area contributed by atoms with Gasteiger partial charge in [0, 0.05) is 18.2 Å². The molecule has 2 N–H and O–H groups in total. The summed E-state index contributed by atoms with van der Waals surface area (Å²) in [7, 11) is 4.00. The summed E-state index contributed by atoms with van der Waals surface area (Å²) in [6.45, 7) is 0.418. The summed E-state index contributed by atoms with van der Waals surface area (Å²) >= 11 is 0. The molecule has 0 unspecified atom stereocenters. The highest BCUT2D eigenvalue weighted by atomic mass is 16.6. The molecule has 0 bridgehead atoms. The number of nitro groups is 1. The maximum atomic E-state index is 12.4. The Morgan fingerprint density at radius 2 is 1.96 bits per heavy atom. The number of nitrogens with one attached hydrogen (secondary N) is 2. The number of hydrogen-bond donors (Lipinski definition) is 2. The number of aromatic amines is 1. The molecule has 2 rings (SSSR count). The molecular formula is C16H24N4O4. The number of amides is 1. The van der Waals surface area contributed by atoms with Gasteiger partial charge in [0.25, 0.3) is 17.2 Å². The molecule has 1 aliphatic rings. The molecule has 1 aromatic heterocycles. The summed E-state index contributed by atoms with van der Waals surface area (Å²) in [5.74, 6) is -0.578. The van der Waals surface area contributed by atoms with E-state index in [1.807, 2.05) is 14.1 Å². The molecule has 1 heterocycles. The van der Waals surface area contributed by atoms with Gasteiger partial charge in [-0.2, -0.15) is 0 Å². The third-order valence-corrected chi connectivity index (χ3v) is 4.90. The van der Waals surface area contributed by atoms with Gasteiger partial charge in [-0.3, -0.25) is 19.7 Å². The minimum atomic E-state index is -0.640. The quantitative estimate of drug-likeness (QED) is 0.483. The molecule has 0 aliphatic heterocycles. The van der Waals surface area contributed by atoms with Crippen molar-refractivity contribution in [3.8, 4) is 0 Å². The highest BCUT2D eigenvalue weighted by Gasteiger charge is 2.33. The first kappa shape index (κ1) is 18.1. The molecule has 1 saturated carbocycles. The van der Waals surface area contributed by atoms with Crippen molar-refractivity contribution in [2.75, 3.05) is 20.6 Å². The largest absolute Gasteiger partial charge is 0.350 e. The highest BCUT2D eigenvalue weighted by molar-refractivity contribution is 5.94. The van der Waals surface area contributed by atoms with E-state index in [9.17, 15) is 19.7 Å². The number of aromatic nitrogens is 1. The minimum absolute atomic E-state index is 0.139. The normalized spacial score (nSPS) is 17.3. The number of hydrogen-bond acceptors (Lipinski definition) is 5. The lowest BCUT2D eigenvalue weighted by atomic mass is 9.88. The fraction of sp³-hybridized carbons (Fsp3) is 0.625. The van der Waals surface area contributed by atoms with Crippen LogP contribution in [0, 0.1) is 10.1 Å². The minimum Gasteiger partial charge on any atom is -0.350 e. The van der Waals surface area contributed by atoms with Gasteiger partial charge in [0.05, 0.1) is 11.1 Å². The average Bonchev–Trinajstić information content (AvgIpc) is 2.79. The highest BCUT2D eigenvalue weighted by Crippen LogP contribution is 2.30. The third kappa shape index (κ3) is 4.00. The van der Waals surface area contributed by atoms with Crippen molar-refractivity contribution < 1.29 is 9.72 Å². The summed E-state index contributed by atoms with van der Waals surface area (Å²) in [6.07, 6.45) is 7.53. The van der Waals surface area contributed by atoms with Gasteiger partial charge in [-0.25, -0.2) is 0 Å². The van der Waals surface area contributed by atoms with Crippen LogP contribution in [0.4, 0.5) is 5.69 Å². The smallest absolute Gasteiger partial charge is 0.286 e. The summed E-state index contributed by atoms with van der Waals surface area (Å²) in [5.41, 5.74) is -1.30. The van der Waals surface area contributed by atoms with Crippen molar-refractivity contribution in [1.82, 2.24) is 15.2 Å². The molecule has 8 heteroatoms. The van der Waals surface area contributed by atoms with Crippen LogP contribution in [-0.4, -0.2) is 46.9 Å². The summed E-state index contributed by atoms with van der Waals surface area (Å²) in [6, 6.07) is 1.02. The Morgan fingerprint density at radius 1 is 1.33 bits per heavy atom. The Bertz CT molecular complexity index is 660. The lowest BCUT2D eigenvalue weighted by molar-refractivity contribution is -0.385. The van der Waals surface area contributed by atoms with Gasteiger partial charge in [-0.05, 0) is 26.9 Å². The molecule has 1 amide bonds. The van der Waals surface area contributed by atoms with Gasteiger partial charge < -0.3 is 15.2 Å². The van der Waals surface area contributed by atoms with E-state index in [0.717, 1.165) is 37.9 Å². The first-order valence-corrected chi connectivity index (χ1v) is 8.18. The van der Waals surface area contributed by atoms with E-state index in [4.69, 9.17) is 0 Å². The lowest BCUT2D eigenvalue weighted by Gasteiger charge is -2.39. The van der Waals surface area contributed by atoms with Crippen molar-refractivity contribution >= 4 is 11.6 Å². The van der Waals surface area contributed by atoms with Crippen LogP contribution in [0.25, 0.3) is 0 Å². The van der Waals surface area contributed by atoms with Gasteiger partial charge in [0.15, 0.2) is 0 Å². The standard InChI is InChI=1S/C16H24N4O4/c1-19(2)16(7-5-3-4-6-8-16)11-18-15(22)13-9-12(20(23)24)10-17-14(13)21/h9-10H,3-8,11H2,1-2H3,(H,17,21)(H,18,22). The van der Waals surface area contributed by atoms with Crippen LogP contribution in [-0.2, 0) is 0 Å². The predicted octanol–water partition coefficient (Wildman–Crippen LogP) is 1.67. The number of carbonyl (C=O) groups excluding carboxylic acids is 1. The Hall–Kier alpha value is -2.22. The van der Waals surface area contributed by atoms with Crippen LogP contribution in [0.2, 0.25) is 0 Å². The molecule has 24 heavy (non-hydrogen) atoms. The van der Waals surface area contributed by atoms with Crippen LogP contribution in [0.3, 0.4) is 0 Å². The second kappa shape index (κ2) is 7.57. The van der Waals surface area contributed by atoms with Gasteiger partial charge in [0.1, 0.15) is 5.56 Å². The second-order valence-electron chi connectivity index (χ2n) is 6.57. The van der Waals surface area contributed by atoms with Crippen LogP contribution in [0.5, 0.6) is 0 Å². The zero-order chi connectivity index (χ0) is 17.7. The molecule has 0 aromatic carbocycles. The maximum Gasteiger partial charge on any atom is 0.286 e. The number of pyridine rings is 1. The maximum absolute atomic E-state index is 12.4. The molecule has 1 aromatic rings. The summed E-state index contributed by atoms with van der Waals surface area (Å²) in [4.78, 5) is 38.7. The van der Waals surface area contributed by atoms with Gasteiger partial charge in [-0.1, -0.05) is 25.7 Å². The van der Waals surface area contributed by atoms with E-state index >= 15 is 0 Å². The van der Waals surface area contributed by atoms with E-state index < -0.39 is 16.4 Å². The SMILES string of the molecule is CN(C)C1(CNC(=O)c2cc([N+](=O)[O-])c[nH]c2=O)CCCCCC1. The molecular weight excluding hydrogens is 312 g/mol. The number of likely N-dealkylation sites (N-methyl/N-ethyl adjacent to an activating group) is 1. The topological polar surface area (TPSA) is 108 Å². The zero-order valence-electron chi connectivity index (χ0n) is 14.1. The predicted molar refractivity (Wildman–Crippen MR) is 90.2 cm³/mol. The Morgan fingerprint density at radius 3 is 2.50 bits per heavy atom. The van der Waals surface area contributed by atoms with E-state index in [0.29, 0.717) is 6.54 Å².